The molecule has 0 radical (unpaired) electrons. The highest BCUT2D eigenvalue weighted by atomic mass is 15.3. The van der Waals surface area contributed by atoms with Crippen LogP contribution in [0.1, 0.15) is 39.2 Å². The summed E-state index contributed by atoms with van der Waals surface area (Å²) in [6, 6.07) is 8.42. The molecular weight excluding hydrogens is 210 g/mol. The highest BCUT2D eigenvalue weighted by molar-refractivity contribution is 5.54. The summed E-state index contributed by atoms with van der Waals surface area (Å²) in [5, 5.41) is 4.26. The lowest BCUT2D eigenvalue weighted by atomic mass is 10.0. The molecule has 0 aliphatic rings. The predicted octanol–water partition coefficient (Wildman–Crippen LogP) is 3.63. The zero-order chi connectivity index (χ0) is 12.8. The van der Waals surface area contributed by atoms with Gasteiger partial charge in [-0.2, -0.15) is 5.10 Å². The minimum atomic E-state index is 0.566. The molecule has 0 saturated heterocycles. The van der Waals surface area contributed by atoms with Crippen molar-refractivity contribution in [3.8, 4) is 11.4 Å². The van der Waals surface area contributed by atoms with E-state index in [1.165, 1.54) is 5.56 Å². The molecule has 0 spiro atoms. The number of aryl methyl sites for hydroxylation is 1. The zero-order valence-electron chi connectivity index (χ0n) is 11.3. The Morgan fingerprint density at radius 1 is 1.06 bits per heavy atom. The number of benzene rings is 1. The molecule has 1 aromatic heterocycles. The van der Waals surface area contributed by atoms with E-state index >= 15 is 0 Å². The molecule has 0 bridgehead atoms. The zero-order valence-corrected chi connectivity index (χ0v) is 11.3. The van der Waals surface area contributed by atoms with Gasteiger partial charge in [0.05, 0.1) is 0 Å². The third-order valence-electron chi connectivity index (χ3n) is 2.44. The average molecular weight is 231 g/mol. The number of rotatable bonds is 2. The first-order valence-electron chi connectivity index (χ1n) is 6.13. The molecule has 0 fully saturated rings. The second-order valence-corrected chi connectivity index (χ2v) is 4.02. The number of nitrogens with zero attached hydrogens (tertiary/aromatic N) is 3. The molecule has 1 heterocycles. The predicted molar refractivity (Wildman–Crippen MR) is 71.9 cm³/mol. The molecule has 0 aliphatic carbocycles. The Morgan fingerprint density at radius 3 is 2.06 bits per heavy atom. The Labute approximate surface area is 104 Å². The first-order chi connectivity index (χ1) is 8.16. The van der Waals surface area contributed by atoms with Crippen LogP contribution in [0.15, 0.2) is 30.6 Å². The summed E-state index contributed by atoms with van der Waals surface area (Å²) in [6.07, 6.45) is 1.71. The number of hydrogen-bond donors (Lipinski definition) is 0. The van der Waals surface area contributed by atoms with Gasteiger partial charge in [0.1, 0.15) is 6.33 Å². The number of aromatic nitrogens is 3. The lowest BCUT2D eigenvalue weighted by Crippen LogP contribution is -1.89. The maximum Gasteiger partial charge on any atom is 0.181 e. The van der Waals surface area contributed by atoms with Gasteiger partial charge in [0.15, 0.2) is 5.82 Å². The van der Waals surface area contributed by atoms with Gasteiger partial charge in [0.2, 0.25) is 0 Å². The van der Waals surface area contributed by atoms with Crippen molar-refractivity contribution in [1.82, 2.24) is 14.8 Å². The van der Waals surface area contributed by atoms with Gasteiger partial charge in [-0.25, -0.2) is 4.98 Å². The van der Waals surface area contributed by atoms with Gasteiger partial charge in [0.25, 0.3) is 0 Å². The van der Waals surface area contributed by atoms with Crippen LogP contribution < -0.4 is 0 Å². The van der Waals surface area contributed by atoms with Crippen LogP contribution >= 0.6 is 0 Å². The second kappa shape index (κ2) is 6.18. The van der Waals surface area contributed by atoms with Gasteiger partial charge in [-0.1, -0.05) is 52.0 Å². The smallest absolute Gasteiger partial charge is 0.181 e. The first-order valence-corrected chi connectivity index (χ1v) is 6.13. The number of hydrogen-bond acceptors (Lipinski definition) is 2. The molecular formula is C14H21N3. The summed E-state index contributed by atoms with van der Waals surface area (Å²) in [5.41, 5.74) is 2.41. The maximum atomic E-state index is 4.26. The fraction of sp³-hybridized carbons (Fsp3) is 0.429. The maximum absolute atomic E-state index is 4.26. The van der Waals surface area contributed by atoms with Crippen molar-refractivity contribution < 1.29 is 0 Å². The van der Waals surface area contributed by atoms with Crippen LogP contribution in [0.5, 0.6) is 0 Å². The molecule has 0 N–H and O–H groups in total. The summed E-state index contributed by atoms with van der Waals surface area (Å²) >= 11 is 0. The third kappa shape index (κ3) is 3.41. The first kappa shape index (κ1) is 13.4. The minimum Gasteiger partial charge on any atom is -0.255 e. The van der Waals surface area contributed by atoms with E-state index in [2.05, 4.69) is 48.2 Å². The van der Waals surface area contributed by atoms with Gasteiger partial charge < -0.3 is 0 Å². The molecule has 92 valence electrons. The van der Waals surface area contributed by atoms with Crippen LogP contribution in [-0.4, -0.2) is 14.8 Å². The van der Waals surface area contributed by atoms with Crippen molar-refractivity contribution in [3.63, 3.8) is 0 Å². The summed E-state index contributed by atoms with van der Waals surface area (Å²) in [7, 11) is 1.87. The topological polar surface area (TPSA) is 30.7 Å². The summed E-state index contributed by atoms with van der Waals surface area (Å²) in [6.45, 7) is 8.38. The normalized spacial score (nSPS) is 10.0. The molecule has 2 aromatic rings. The third-order valence-corrected chi connectivity index (χ3v) is 2.44. The molecule has 3 heteroatoms. The Bertz CT molecular complexity index is 441. The van der Waals surface area contributed by atoms with E-state index in [0.29, 0.717) is 5.92 Å². The van der Waals surface area contributed by atoms with Gasteiger partial charge in [-0.15, -0.1) is 0 Å². The minimum absolute atomic E-state index is 0.566. The molecule has 1 aromatic carbocycles. The van der Waals surface area contributed by atoms with E-state index in [0.717, 1.165) is 11.4 Å². The SMILES string of the molecule is CC.CC(C)c1ccc(-c2ncn(C)n2)cc1. The Kier molecular flexibility index (Phi) is 4.88. The molecule has 3 nitrogen and oxygen atoms in total. The second-order valence-electron chi connectivity index (χ2n) is 4.02. The van der Waals surface area contributed by atoms with E-state index in [1.807, 2.05) is 20.9 Å². The van der Waals surface area contributed by atoms with E-state index in [-0.39, 0.29) is 0 Å². The highest BCUT2D eigenvalue weighted by Crippen LogP contribution is 2.19. The molecule has 0 saturated carbocycles. The Balaban J connectivity index is 0.000000686. The van der Waals surface area contributed by atoms with Crippen molar-refractivity contribution >= 4 is 0 Å². The van der Waals surface area contributed by atoms with Crippen molar-refractivity contribution in [1.29, 1.82) is 0 Å². The summed E-state index contributed by atoms with van der Waals surface area (Å²) < 4.78 is 1.71. The van der Waals surface area contributed by atoms with Gasteiger partial charge in [-0.05, 0) is 11.5 Å². The Hall–Kier alpha value is -1.64. The average Bonchev–Trinajstić information content (AvgIpc) is 2.79. The molecule has 0 atom stereocenters. The van der Waals surface area contributed by atoms with Crippen molar-refractivity contribution in [3.05, 3.63) is 36.2 Å². The van der Waals surface area contributed by atoms with Crippen LogP contribution in [-0.2, 0) is 7.05 Å². The van der Waals surface area contributed by atoms with Crippen LogP contribution in [0.2, 0.25) is 0 Å². The molecule has 0 unspecified atom stereocenters. The van der Waals surface area contributed by atoms with Crippen LogP contribution in [0, 0.1) is 0 Å². The summed E-state index contributed by atoms with van der Waals surface area (Å²) in [5.74, 6) is 1.35. The van der Waals surface area contributed by atoms with E-state index in [9.17, 15) is 0 Å². The molecule has 0 amide bonds. The standard InChI is InChI=1S/C12H15N3.C2H6/c1-9(2)10-4-6-11(7-5-10)12-13-8-15(3)14-12;1-2/h4-9H,1-3H3;1-2H3. The lowest BCUT2D eigenvalue weighted by Gasteiger charge is -2.04. The van der Waals surface area contributed by atoms with Gasteiger partial charge >= 0.3 is 0 Å². The van der Waals surface area contributed by atoms with Crippen molar-refractivity contribution in [2.45, 2.75) is 33.6 Å². The lowest BCUT2D eigenvalue weighted by molar-refractivity contribution is 0.768. The van der Waals surface area contributed by atoms with Gasteiger partial charge in [-0.3, -0.25) is 4.68 Å². The van der Waals surface area contributed by atoms with Crippen LogP contribution in [0.25, 0.3) is 11.4 Å². The monoisotopic (exact) mass is 231 g/mol. The Morgan fingerprint density at radius 2 is 1.65 bits per heavy atom. The van der Waals surface area contributed by atoms with Crippen molar-refractivity contribution in [2.24, 2.45) is 7.05 Å². The fourth-order valence-corrected chi connectivity index (χ4v) is 1.49. The van der Waals surface area contributed by atoms with Crippen molar-refractivity contribution in [2.75, 3.05) is 0 Å². The molecule has 2 rings (SSSR count). The van der Waals surface area contributed by atoms with Crippen LogP contribution in [0.3, 0.4) is 0 Å². The quantitative estimate of drug-likeness (QED) is 0.790. The highest BCUT2D eigenvalue weighted by Gasteiger charge is 2.03. The van der Waals surface area contributed by atoms with Crippen LogP contribution in [0.4, 0.5) is 0 Å². The van der Waals surface area contributed by atoms with Gasteiger partial charge in [0, 0.05) is 12.6 Å². The fourth-order valence-electron chi connectivity index (χ4n) is 1.49. The largest absolute Gasteiger partial charge is 0.255 e. The molecule has 17 heavy (non-hydrogen) atoms. The summed E-state index contributed by atoms with van der Waals surface area (Å²) in [4.78, 5) is 4.21. The van der Waals surface area contributed by atoms with E-state index in [4.69, 9.17) is 0 Å². The van der Waals surface area contributed by atoms with E-state index < -0.39 is 0 Å². The van der Waals surface area contributed by atoms with E-state index in [1.54, 1.807) is 11.0 Å². The molecule has 0 aliphatic heterocycles.